The number of nitrogens with zero attached hydrogens (tertiary/aromatic N) is 2. The molecule has 3 aliphatic heterocycles. The second kappa shape index (κ2) is 7.39. The first kappa shape index (κ1) is 16.3. The van der Waals surface area contributed by atoms with Crippen LogP contribution < -0.4 is 10.8 Å². The average molecular weight is 340 g/mol. The number of carbonyl (C=O) groups excluding carboxylic acids is 1. The number of amides is 1. The second-order valence-corrected chi connectivity index (χ2v) is 6.71. The molecule has 1 aromatic rings. The summed E-state index contributed by atoms with van der Waals surface area (Å²) >= 11 is 0. The van der Waals surface area contributed by atoms with E-state index in [0.717, 1.165) is 37.3 Å². The van der Waals surface area contributed by atoms with Crippen LogP contribution in [0, 0.1) is 0 Å². The van der Waals surface area contributed by atoms with E-state index < -0.39 is 0 Å². The highest BCUT2D eigenvalue weighted by Gasteiger charge is 2.32. The number of carbonyl (C=O) groups is 1. The molecule has 6 nitrogen and oxygen atoms in total. The number of hydrogen-bond donors (Lipinski definition) is 2. The van der Waals surface area contributed by atoms with Crippen LogP contribution in [0.2, 0.25) is 0 Å². The van der Waals surface area contributed by atoms with E-state index in [0.29, 0.717) is 19.2 Å². The van der Waals surface area contributed by atoms with Gasteiger partial charge in [0.2, 0.25) is 0 Å². The van der Waals surface area contributed by atoms with E-state index in [1.54, 1.807) is 0 Å². The van der Waals surface area contributed by atoms with Crippen molar-refractivity contribution in [1.82, 2.24) is 20.6 Å². The Hall–Kier alpha value is -2.15. The van der Waals surface area contributed by atoms with E-state index in [4.69, 9.17) is 4.84 Å². The summed E-state index contributed by atoms with van der Waals surface area (Å²) in [5, 5.41) is 3.55. The SMILES string of the molecule is O=C(NOCc1ccccc1)C1=CN2CC3NCCCN3CC2=CC1. The van der Waals surface area contributed by atoms with Gasteiger partial charge >= 0.3 is 0 Å². The molecule has 0 spiro atoms. The molecule has 1 atom stereocenters. The molecule has 0 aliphatic carbocycles. The zero-order valence-electron chi connectivity index (χ0n) is 14.3. The largest absolute Gasteiger partial charge is 0.347 e. The lowest BCUT2D eigenvalue weighted by molar-refractivity contribution is -0.130. The molecule has 25 heavy (non-hydrogen) atoms. The second-order valence-electron chi connectivity index (χ2n) is 6.71. The molecule has 3 aliphatic rings. The first-order valence-corrected chi connectivity index (χ1v) is 8.89. The van der Waals surface area contributed by atoms with Crippen LogP contribution in [0.1, 0.15) is 18.4 Å². The van der Waals surface area contributed by atoms with Crippen molar-refractivity contribution in [2.45, 2.75) is 25.6 Å². The number of hydroxylamine groups is 1. The number of rotatable bonds is 4. The van der Waals surface area contributed by atoms with E-state index in [-0.39, 0.29) is 5.91 Å². The minimum absolute atomic E-state index is 0.162. The lowest BCUT2D eigenvalue weighted by Crippen LogP contribution is -2.60. The van der Waals surface area contributed by atoms with E-state index in [1.807, 2.05) is 36.5 Å². The molecule has 0 radical (unpaired) electrons. The highest BCUT2D eigenvalue weighted by Crippen LogP contribution is 2.25. The summed E-state index contributed by atoms with van der Waals surface area (Å²) in [7, 11) is 0. The Bertz CT molecular complexity index is 686. The van der Waals surface area contributed by atoms with Crippen molar-refractivity contribution in [2.75, 3.05) is 26.2 Å². The van der Waals surface area contributed by atoms with Crippen LogP contribution in [0.15, 0.2) is 53.9 Å². The van der Waals surface area contributed by atoms with Gasteiger partial charge in [0.15, 0.2) is 0 Å². The molecule has 1 unspecified atom stereocenters. The topological polar surface area (TPSA) is 56.8 Å². The number of piperazine rings is 1. The third kappa shape index (κ3) is 3.76. The van der Waals surface area contributed by atoms with Crippen LogP contribution in [0.25, 0.3) is 0 Å². The monoisotopic (exact) mass is 340 g/mol. The fourth-order valence-electron chi connectivity index (χ4n) is 3.57. The van der Waals surface area contributed by atoms with Gasteiger partial charge in [0.05, 0.1) is 19.3 Å². The van der Waals surface area contributed by atoms with Crippen LogP contribution >= 0.6 is 0 Å². The first-order valence-electron chi connectivity index (χ1n) is 8.89. The molecular formula is C19H24N4O2. The Balaban J connectivity index is 1.32. The summed E-state index contributed by atoms with van der Waals surface area (Å²) in [6.45, 7) is 4.42. The van der Waals surface area contributed by atoms with Gasteiger partial charge in [0.1, 0.15) is 0 Å². The normalized spacial score (nSPS) is 23.2. The average Bonchev–Trinajstić information content (AvgIpc) is 2.66. The fraction of sp³-hybridized carbons (Fsp3) is 0.421. The molecule has 4 rings (SSSR count). The van der Waals surface area contributed by atoms with Crippen LogP contribution in [-0.4, -0.2) is 48.1 Å². The number of benzene rings is 1. The smallest absolute Gasteiger partial charge is 0.272 e. The Morgan fingerprint density at radius 2 is 2.20 bits per heavy atom. The van der Waals surface area contributed by atoms with Crippen LogP contribution in [0.5, 0.6) is 0 Å². The molecule has 3 heterocycles. The Morgan fingerprint density at radius 3 is 3.08 bits per heavy atom. The Kier molecular flexibility index (Phi) is 4.83. The van der Waals surface area contributed by atoms with Gasteiger partial charge in [-0.05, 0) is 24.9 Å². The summed E-state index contributed by atoms with van der Waals surface area (Å²) in [6.07, 6.45) is 6.37. The van der Waals surface area contributed by atoms with Gasteiger partial charge in [0.25, 0.3) is 5.91 Å². The van der Waals surface area contributed by atoms with Crippen LogP contribution in [0.3, 0.4) is 0 Å². The highest BCUT2D eigenvalue weighted by molar-refractivity contribution is 5.93. The van der Waals surface area contributed by atoms with Crippen molar-refractivity contribution >= 4 is 5.91 Å². The van der Waals surface area contributed by atoms with E-state index >= 15 is 0 Å². The summed E-state index contributed by atoms with van der Waals surface area (Å²) < 4.78 is 0. The summed E-state index contributed by atoms with van der Waals surface area (Å²) in [5.74, 6) is -0.162. The molecule has 6 heteroatoms. The van der Waals surface area contributed by atoms with Crippen molar-refractivity contribution in [3.05, 3.63) is 59.4 Å². The van der Waals surface area contributed by atoms with Crippen molar-refractivity contribution < 1.29 is 9.63 Å². The van der Waals surface area contributed by atoms with E-state index in [9.17, 15) is 4.79 Å². The van der Waals surface area contributed by atoms with Crippen molar-refractivity contribution in [2.24, 2.45) is 0 Å². The summed E-state index contributed by atoms with van der Waals surface area (Å²) in [4.78, 5) is 22.4. The fourth-order valence-corrected chi connectivity index (χ4v) is 3.57. The Morgan fingerprint density at radius 1 is 1.32 bits per heavy atom. The van der Waals surface area contributed by atoms with Gasteiger partial charge in [-0.1, -0.05) is 36.4 Å². The third-order valence-electron chi connectivity index (χ3n) is 4.95. The minimum Gasteiger partial charge on any atom is -0.347 e. The molecule has 0 aromatic heterocycles. The number of allylic oxidation sites excluding steroid dienone is 1. The molecule has 2 saturated heterocycles. The molecule has 1 aromatic carbocycles. The minimum atomic E-state index is -0.162. The lowest BCUT2D eigenvalue weighted by atomic mass is 10.0. The van der Waals surface area contributed by atoms with Gasteiger partial charge < -0.3 is 10.2 Å². The maximum Gasteiger partial charge on any atom is 0.272 e. The van der Waals surface area contributed by atoms with E-state index in [2.05, 4.69) is 26.7 Å². The van der Waals surface area contributed by atoms with Crippen molar-refractivity contribution in [3.63, 3.8) is 0 Å². The maximum absolute atomic E-state index is 12.4. The quantitative estimate of drug-likeness (QED) is 0.810. The molecule has 1 amide bonds. The number of hydrogen-bond acceptors (Lipinski definition) is 5. The Labute approximate surface area is 148 Å². The van der Waals surface area contributed by atoms with Crippen LogP contribution in [0.4, 0.5) is 0 Å². The van der Waals surface area contributed by atoms with Gasteiger partial charge in [-0.25, -0.2) is 5.48 Å². The standard InChI is InChI=1S/C19H24N4O2/c24-19(21-25-14-15-5-2-1-3-6-15)16-7-8-17-12-22-10-4-9-20-18(22)13-23(17)11-16/h1-3,5-6,8,11,18,20H,4,7,9-10,12-14H2,(H,21,24). The maximum atomic E-state index is 12.4. The zero-order chi connectivity index (χ0) is 17.1. The van der Waals surface area contributed by atoms with Gasteiger partial charge in [-0.2, -0.15) is 0 Å². The molecule has 0 saturated carbocycles. The molecular weight excluding hydrogens is 316 g/mol. The van der Waals surface area contributed by atoms with Gasteiger partial charge in [-0.3, -0.25) is 14.5 Å². The molecule has 2 fully saturated rings. The predicted molar refractivity (Wildman–Crippen MR) is 94.8 cm³/mol. The molecule has 0 bridgehead atoms. The third-order valence-corrected chi connectivity index (χ3v) is 4.95. The van der Waals surface area contributed by atoms with Gasteiger partial charge in [-0.15, -0.1) is 0 Å². The first-order chi connectivity index (χ1) is 12.3. The van der Waals surface area contributed by atoms with E-state index in [1.165, 1.54) is 12.1 Å². The zero-order valence-corrected chi connectivity index (χ0v) is 14.3. The molecule has 132 valence electrons. The number of nitrogens with one attached hydrogen (secondary N) is 2. The molecule has 2 N–H and O–H groups in total. The van der Waals surface area contributed by atoms with Gasteiger partial charge in [0, 0.05) is 30.6 Å². The lowest BCUT2D eigenvalue weighted by Gasteiger charge is -2.46. The van der Waals surface area contributed by atoms with Crippen molar-refractivity contribution in [1.29, 1.82) is 0 Å². The van der Waals surface area contributed by atoms with Crippen LogP contribution in [-0.2, 0) is 16.2 Å². The summed E-state index contributed by atoms with van der Waals surface area (Å²) in [6, 6.07) is 9.81. The predicted octanol–water partition coefficient (Wildman–Crippen LogP) is 1.34. The summed E-state index contributed by atoms with van der Waals surface area (Å²) in [5.41, 5.74) is 5.62. The highest BCUT2D eigenvalue weighted by atomic mass is 16.6. The van der Waals surface area contributed by atoms with Crippen molar-refractivity contribution in [3.8, 4) is 0 Å². The number of fused-ring (bicyclic) bond motifs is 2.